The van der Waals surface area contributed by atoms with Crippen molar-refractivity contribution >= 4 is 17.8 Å². The van der Waals surface area contributed by atoms with Gasteiger partial charge in [-0.15, -0.1) is 11.8 Å². The number of carbonyl (C=O) groups is 1. The Labute approximate surface area is 147 Å². The summed E-state index contributed by atoms with van der Waals surface area (Å²) in [6.45, 7) is 4.01. The van der Waals surface area contributed by atoms with Gasteiger partial charge in [0, 0.05) is 43.0 Å². The molecule has 0 unspecified atom stereocenters. The summed E-state index contributed by atoms with van der Waals surface area (Å²) in [5, 5.41) is 3.05. The number of carbonyl (C=O) groups excluding carboxylic acids is 1. The molecular weight excluding hydrogens is 320 g/mol. The number of urea groups is 1. The summed E-state index contributed by atoms with van der Waals surface area (Å²) in [6.07, 6.45) is 8.01. The summed E-state index contributed by atoms with van der Waals surface area (Å²) in [4.78, 5) is 20.0. The Bertz CT molecular complexity index is 679. The highest BCUT2D eigenvalue weighted by molar-refractivity contribution is 7.98. The van der Waals surface area contributed by atoms with Crippen molar-refractivity contribution in [2.75, 3.05) is 12.8 Å². The number of nitrogens with zero attached hydrogens (tertiary/aromatic N) is 3. The summed E-state index contributed by atoms with van der Waals surface area (Å²) in [7, 11) is 0. The fourth-order valence-corrected chi connectivity index (χ4v) is 3.11. The van der Waals surface area contributed by atoms with Crippen molar-refractivity contribution in [2.45, 2.75) is 43.8 Å². The Morgan fingerprint density at radius 3 is 2.71 bits per heavy atom. The summed E-state index contributed by atoms with van der Waals surface area (Å²) < 4.78 is 2.04. The standard InChI is InChI=1S/C18H24N4OS/c1-14-19-9-11-21(14)12-10-20-18(23)22(16-5-6-16)13-15-3-7-17(24-2)8-4-15/h3-4,7-9,11,16H,5-6,10,12-13H2,1-2H3,(H,20,23). The number of imidazole rings is 1. The van der Waals surface area contributed by atoms with Gasteiger partial charge in [0.1, 0.15) is 5.82 Å². The summed E-state index contributed by atoms with van der Waals surface area (Å²) in [5.74, 6) is 0.970. The quantitative estimate of drug-likeness (QED) is 0.784. The van der Waals surface area contributed by atoms with Crippen LogP contribution >= 0.6 is 11.8 Å². The Morgan fingerprint density at radius 1 is 1.38 bits per heavy atom. The molecule has 24 heavy (non-hydrogen) atoms. The first-order chi connectivity index (χ1) is 11.7. The van der Waals surface area contributed by atoms with E-state index in [1.165, 1.54) is 10.5 Å². The summed E-state index contributed by atoms with van der Waals surface area (Å²) in [5.41, 5.74) is 1.18. The number of amides is 2. The zero-order valence-electron chi connectivity index (χ0n) is 14.2. The number of rotatable bonds is 7. The number of nitrogens with one attached hydrogen (secondary N) is 1. The van der Waals surface area contributed by atoms with Gasteiger partial charge < -0.3 is 14.8 Å². The molecule has 2 aromatic rings. The number of hydrogen-bond donors (Lipinski definition) is 1. The lowest BCUT2D eigenvalue weighted by molar-refractivity contribution is 0.191. The van der Waals surface area contributed by atoms with Crippen molar-refractivity contribution < 1.29 is 4.79 Å². The van der Waals surface area contributed by atoms with Gasteiger partial charge in [-0.2, -0.15) is 0 Å². The molecule has 0 aliphatic heterocycles. The van der Waals surface area contributed by atoms with Crippen molar-refractivity contribution in [3.8, 4) is 0 Å². The smallest absolute Gasteiger partial charge is 0.318 e. The minimum atomic E-state index is 0.0317. The van der Waals surface area contributed by atoms with E-state index in [4.69, 9.17) is 0 Å². The van der Waals surface area contributed by atoms with Gasteiger partial charge >= 0.3 is 6.03 Å². The predicted molar refractivity (Wildman–Crippen MR) is 97.2 cm³/mol. The van der Waals surface area contributed by atoms with Gasteiger partial charge in [0.05, 0.1) is 0 Å². The fourth-order valence-electron chi connectivity index (χ4n) is 2.71. The van der Waals surface area contributed by atoms with Gasteiger partial charge in [0.2, 0.25) is 0 Å². The van der Waals surface area contributed by atoms with E-state index < -0.39 is 0 Å². The number of aryl methyl sites for hydroxylation is 1. The van der Waals surface area contributed by atoms with Gasteiger partial charge in [-0.1, -0.05) is 12.1 Å². The molecule has 6 heteroatoms. The van der Waals surface area contributed by atoms with Crippen LogP contribution in [0.2, 0.25) is 0 Å². The van der Waals surface area contributed by atoms with E-state index in [2.05, 4.69) is 40.8 Å². The van der Waals surface area contributed by atoms with Crippen molar-refractivity contribution in [3.05, 3.63) is 48.0 Å². The van der Waals surface area contributed by atoms with Gasteiger partial charge in [0.15, 0.2) is 0 Å². The van der Waals surface area contributed by atoms with E-state index in [0.717, 1.165) is 25.2 Å². The zero-order valence-corrected chi connectivity index (χ0v) is 15.1. The van der Waals surface area contributed by atoms with Crippen molar-refractivity contribution in [1.29, 1.82) is 0 Å². The van der Waals surface area contributed by atoms with Crippen LogP contribution in [0.1, 0.15) is 24.2 Å². The van der Waals surface area contributed by atoms with Crippen LogP contribution in [0.3, 0.4) is 0 Å². The molecule has 128 valence electrons. The van der Waals surface area contributed by atoms with Crippen molar-refractivity contribution in [1.82, 2.24) is 19.8 Å². The van der Waals surface area contributed by atoms with E-state index in [9.17, 15) is 4.79 Å². The lowest BCUT2D eigenvalue weighted by Crippen LogP contribution is -2.42. The Morgan fingerprint density at radius 2 is 2.12 bits per heavy atom. The highest BCUT2D eigenvalue weighted by atomic mass is 32.2. The molecule has 0 spiro atoms. The maximum Gasteiger partial charge on any atom is 0.318 e. The van der Waals surface area contributed by atoms with E-state index in [-0.39, 0.29) is 6.03 Å². The first-order valence-electron chi connectivity index (χ1n) is 8.32. The normalized spacial score (nSPS) is 13.8. The first-order valence-corrected chi connectivity index (χ1v) is 9.55. The molecule has 2 amide bonds. The topological polar surface area (TPSA) is 50.2 Å². The molecule has 3 rings (SSSR count). The second kappa shape index (κ2) is 7.75. The molecule has 1 heterocycles. The minimum absolute atomic E-state index is 0.0317. The zero-order chi connectivity index (χ0) is 16.9. The largest absolute Gasteiger partial charge is 0.336 e. The van der Waals surface area contributed by atoms with Crippen LogP contribution in [0.15, 0.2) is 41.6 Å². The van der Waals surface area contributed by atoms with E-state index >= 15 is 0 Å². The second-order valence-corrected chi connectivity index (χ2v) is 6.99. The molecule has 0 atom stereocenters. The average molecular weight is 344 g/mol. The monoisotopic (exact) mass is 344 g/mol. The second-order valence-electron chi connectivity index (χ2n) is 6.11. The molecule has 0 saturated heterocycles. The molecule has 1 N–H and O–H groups in total. The molecule has 5 nitrogen and oxygen atoms in total. The Hall–Kier alpha value is -1.95. The lowest BCUT2D eigenvalue weighted by atomic mass is 10.2. The molecule has 1 fully saturated rings. The molecule has 1 aliphatic rings. The van der Waals surface area contributed by atoms with Gasteiger partial charge in [-0.05, 0) is 43.7 Å². The van der Waals surface area contributed by atoms with E-state index in [0.29, 0.717) is 19.1 Å². The number of benzene rings is 1. The predicted octanol–water partition coefficient (Wildman–Crippen LogP) is 3.29. The number of aromatic nitrogens is 2. The van der Waals surface area contributed by atoms with Gasteiger partial charge in [-0.3, -0.25) is 0 Å². The van der Waals surface area contributed by atoms with Crippen LogP contribution < -0.4 is 5.32 Å². The molecule has 1 aliphatic carbocycles. The molecule has 1 saturated carbocycles. The van der Waals surface area contributed by atoms with Crippen LogP contribution in [-0.2, 0) is 13.1 Å². The first kappa shape index (κ1) is 16.9. The summed E-state index contributed by atoms with van der Waals surface area (Å²) in [6, 6.07) is 8.88. The minimum Gasteiger partial charge on any atom is -0.336 e. The van der Waals surface area contributed by atoms with Gasteiger partial charge in [-0.25, -0.2) is 9.78 Å². The maximum absolute atomic E-state index is 12.6. The number of hydrogen-bond acceptors (Lipinski definition) is 3. The van der Waals surface area contributed by atoms with Crippen LogP contribution in [-0.4, -0.2) is 39.3 Å². The highest BCUT2D eigenvalue weighted by Crippen LogP contribution is 2.28. The fraction of sp³-hybridized carbons (Fsp3) is 0.444. The van der Waals surface area contributed by atoms with Crippen molar-refractivity contribution in [2.24, 2.45) is 0 Å². The van der Waals surface area contributed by atoms with Crippen molar-refractivity contribution in [3.63, 3.8) is 0 Å². The van der Waals surface area contributed by atoms with E-state index in [1.807, 2.05) is 22.6 Å². The average Bonchev–Trinajstić information content (AvgIpc) is 3.36. The molecule has 0 radical (unpaired) electrons. The molecular formula is C18H24N4OS. The third-order valence-corrected chi connectivity index (χ3v) is 5.06. The van der Waals surface area contributed by atoms with Crippen LogP contribution in [0, 0.1) is 6.92 Å². The SMILES string of the molecule is CSc1ccc(CN(C(=O)NCCn2ccnc2C)C2CC2)cc1. The van der Waals surface area contributed by atoms with Crippen LogP contribution in [0.4, 0.5) is 4.79 Å². The Balaban J connectivity index is 1.54. The molecule has 1 aromatic carbocycles. The maximum atomic E-state index is 12.6. The molecule has 0 bridgehead atoms. The number of thioether (sulfide) groups is 1. The lowest BCUT2D eigenvalue weighted by Gasteiger charge is -2.23. The third-order valence-electron chi connectivity index (χ3n) is 4.31. The Kier molecular flexibility index (Phi) is 5.45. The summed E-state index contributed by atoms with van der Waals surface area (Å²) >= 11 is 1.73. The van der Waals surface area contributed by atoms with E-state index in [1.54, 1.807) is 18.0 Å². The van der Waals surface area contributed by atoms with Crippen LogP contribution in [0.25, 0.3) is 0 Å². The van der Waals surface area contributed by atoms with Gasteiger partial charge in [0.25, 0.3) is 0 Å². The molecule has 1 aromatic heterocycles. The highest BCUT2D eigenvalue weighted by Gasteiger charge is 2.32. The van der Waals surface area contributed by atoms with Crippen LogP contribution in [0.5, 0.6) is 0 Å². The third kappa shape index (κ3) is 4.32.